The van der Waals surface area contributed by atoms with E-state index < -0.39 is 15.9 Å². The molecule has 7 nitrogen and oxygen atoms in total. The van der Waals surface area contributed by atoms with E-state index in [2.05, 4.69) is 5.32 Å². The molecule has 0 bridgehead atoms. The van der Waals surface area contributed by atoms with Gasteiger partial charge in [0.1, 0.15) is 0 Å². The van der Waals surface area contributed by atoms with Crippen LogP contribution in [0.2, 0.25) is 0 Å². The number of para-hydroxylation sites is 1. The van der Waals surface area contributed by atoms with Crippen molar-refractivity contribution in [3.05, 3.63) is 59.7 Å². The summed E-state index contributed by atoms with van der Waals surface area (Å²) >= 11 is 0. The van der Waals surface area contributed by atoms with E-state index in [4.69, 9.17) is 4.74 Å². The van der Waals surface area contributed by atoms with E-state index in [1.54, 1.807) is 24.3 Å². The van der Waals surface area contributed by atoms with Crippen molar-refractivity contribution in [2.45, 2.75) is 37.9 Å². The van der Waals surface area contributed by atoms with E-state index in [9.17, 15) is 18.0 Å². The number of hydrogen-bond acceptors (Lipinski definition) is 5. The van der Waals surface area contributed by atoms with E-state index in [-0.39, 0.29) is 41.5 Å². The third-order valence-electron chi connectivity index (χ3n) is 4.67. The van der Waals surface area contributed by atoms with Crippen LogP contribution in [0, 0.1) is 0 Å². The van der Waals surface area contributed by atoms with Crippen molar-refractivity contribution in [1.82, 2.24) is 4.31 Å². The number of nitrogens with zero attached hydrogens (tertiary/aromatic N) is 1. The zero-order chi connectivity index (χ0) is 21.2. The number of morpholine rings is 1. The summed E-state index contributed by atoms with van der Waals surface area (Å²) < 4.78 is 33.1. The number of carbonyl (C=O) groups excluding carboxylic acids is 2. The fraction of sp³-hybridized carbons (Fsp3) is 0.333. The summed E-state index contributed by atoms with van der Waals surface area (Å²) in [4.78, 5) is 24.5. The first-order valence-corrected chi connectivity index (χ1v) is 10.8. The number of benzene rings is 2. The first-order chi connectivity index (χ1) is 13.7. The minimum absolute atomic E-state index is 0.0475. The average Bonchev–Trinajstić information content (AvgIpc) is 2.67. The van der Waals surface area contributed by atoms with Crippen LogP contribution >= 0.6 is 0 Å². The molecule has 154 valence electrons. The van der Waals surface area contributed by atoms with Crippen LogP contribution in [0.5, 0.6) is 0 Å². The van der Waals surface area contributed by atoms with Gasteiger partial charge in [0.05, 0.1) is 22.8 Å². The molecule has 0 spiro atoms. The maximum absolute atomic E-state index is 13.0. The van der Waals surface area contributed by atoms with Gasteiger partial charge in [-0.05, 0) is 51.1 Å². The van der Waals surface area contributed by atoms with Crippen molar-refractivity contribution in [1.29, 1.82) is 0 Å². The maximum atomic E-state index is 13.0. The molecular weight excluding hydrogens is 392 g/mol. The molecule has 29 heavy (non-hydrogen) atoms. The summed E-state index contributed by atoms with van der Waals surface area (Å²) in [5.74, 6) is -0.660. The molecule has 1 amide bonds. The van der Waals surface area contributed by atoms with Crippen molar-refractivity contribution in [3.63, 3.8) is 0 Å². The van der Waals surface area contributed by atoms with Crippen LogP contribution in [0.25, 0.3) is 0 Å². The molecule has 2 atom stereocenters. The zero-order valence-electron chi connectivity index (χ0n) is 16.6. The summed E-state index contributed by atoms with van der Waals surface area (Å²) in [6.45, 7) is 5.59. The summed E-state index contributed by atoms with van der Waals surface area (Å²) in [7, 11) is -3.76. The Bertz CT molecular complexity index is 1020. The number of carbonyl (C=O) groups is 2. The van der Waals surface area contributed by atoms with Crippen molar-refractivity contribution in [3.8, 4) is 0 Å². The highest BCUT2D eigenvalue weighted by atomic mass is 32.2. The second-order valence-corrected chi connectivity index (χ2v) is 9.10. The van der Waals surface area contributed by atoms with Crippen molar-refractivity contribution >= 4 is 27.4 Å². The number of ketones is 1. The molecule has 3 rings (SSSR count). The van der Waals surface area contributed by atoms with Gasteiger partial charge in [-0.3, -0.25) is 9.59 Å². The molecule has 1 heterocycles. The van der Waals surface area contributed by atoms with Crippen LogP contribution in [-0.4, -0.2) is 49.7 Å². The van der Waals surface area contributed by atoms with E-state index in [1.165, 1.54) is 35.5 Å². The number of sulfonamides is 1. The first-order valence-electron chi connectivity index (χ1n) is 9.35. The Kier molecular flexibility index (Phi) is 6.16. The largest absolute Gasteiger partial charge is 0.373 e. The number of amides is 1. The van der Waals surface area contributed by atoms with E-state index in [0.29, 0.717) is 11.3 Å². The van der Waals surface area contributed by atoms with Gasteiger partial charge in [0, 0.05) is 24.2 Å². The first kappa shape index (κ1) is 21.2. The molecule has 2 aromatic rings. The molecule has 0 aromatic heterocycles. The lowest BCUT2D eigenvalue weighted by Crippen LogP contribution is -2.48. The average molecular weight is 416 g/mol. The Hall–Kier alpha value is -2.55. The molecule has 0 aliphatic carbocycles. The molecular formula is C21H24N2O5S. The van der Waals surface area contributed by atoms with Crippen LogP contribution in [0.3, 0.4) is 0 Å². The van der Waals surface area contributed by atoms with Gasteiger partial charge in [-0.2, -0.15) is 4.31 Å². The molecule has 1 N–H and O–H groups in total. The minimum atomic E-state index is -3.76. The maximum Gasteiger partial charge on any atom is 0.255 e. The third kappa shape index (κ3) is 4.72. The molecule has 1 fully saturated rings. The van der Waals surface area contributed by atoms with Gasteiger partial charge in [0.25, 0.3) is 5.91 Å². The van der Waals surface area contributed by atoms with Gasteiger partial charge >= 0.3 is 0 Å². The molecule has 0 unspecified atom stereocenters. The Balaban J connectivity index is 1.86. The second kappa shape index (κ2) is 8.44. The SMILES string of the molecule is CC(=O)c1ccccc1NC(=O)c1cccc(S(=O)(=O)N2C[C@H](C)O[C@@H](C)C2)c1. The number of hydrogen-bond donors (Lipinski definition) is 1. The molecule has 1 aliphatic heterocycles. The number of rotatable bonds is 5. The Morgan fingerprint density at radius 2 is 1.69 bits per heavy atom. The molecule has 8 heteroatoms. The lowest BCUT2D eigenvalue weighted by Gasteiger charge is -2.34. The summed E-state index contributed by atoms with van der Waals surface area (Å²) in [5.41, 5.74) is 0.966. The van der Waals surface area contributed by atoms with Crippen LogP contribution in [0.4, 0.5) is 5.69 Å². The highest BCUT2D eigenvalue weighted by Crippen LogP contribution is 2.23. The zero-order valence-corrected chi connectivity index (χ0v) is 17.4. The van der Waals surface area contributed by atoms with Crippen molar-refractivity contribution in [2.24, 2.45) is 0 Å². The van der Waals surface area contributed by atoms with Gasteiger partial charge in [0.15, 0.2) is 5.78 Å². The fourth-order valence-electron chi connectivity index (χ4n) is 3.37. The van der Waals surface area contributed by atoms with Crippen LogP contribution in [0.15, 0.2) is 53.4 Å². The van der Waals surface area contributed by atoms with Crippen LogP contribution in [0.1, 0.15) is 41.5 Å². The van der Waals surface area contributed by atoms with Crippen LogP contribution in [-0.2, 0) is 14.8 Å². The lowest BCUT2D eigenvalue weighted by atomic mass is 10.1. The van der Waals surface area contributed by atoms with Crippen molar-refractivity contribution < 1.29 is 22.7 Å². The molecule has 1 aliphatic rings. The van der Waals surface area contributed by atoms with Gasteiger partial charge in [-0.15, -0.1) is 0 Å². The van der Waals surface area contributed by atoms with Crippen LogP contribution < -0.4 is 5.32 Å². The van der Waals surface area contributed by atoms with E-state index in [0.717, 1.165) is 0 Å². The lowest BCUT2D eigenvalue weighted by molar-refractivity contribution is -0.0440. The van der Waals surface area contributed by atoms with Crippen molar-refractivity contribution in [2.75, 3.05) is 18.4 Å². The Morgan fingerprint density at radius 3 is 2.34 bits per heavy atom. The normalized spacial score (nSPS) is 20.2. The minimum Gasteiger partial charge on any atom is -0.373 e. The smallest absolute Gasteiger partial charge is 0.255 e. The predicted octanol–water partition coefficient (Wildman–Crippen LogP) is 2.94. The highest BCUT2D eigenvalue weighted by molar-refractivity contribution is 7.89. The number of nitrogens with one attached hydrogen (secondary N) is 1. The summed E-state index contributed by atoms with van der Waals surface area (Å²) in [6, 6.07) is 12.6. The summed E-state index contributed by atoms with van der Waals surface area (Å²) in [6.07, 6.45) is -0.411. The highest BCUT2D eigenvalue weighted by Gasteiger charge is 2.32. The number of Topliss-reactive ketones (excluding diaryl/α,β-unsaturated/α-hetero) is 1. The fourth-order valence-corrected chi connectivity index (χ4v) is 5.00. The number of ether oxygens (including phenoxy) is 1. The molecule has 0 saturated carbocycles. The molecule has 2 aromatic carbocycles. The van der Waals surface area contributed by atoms with Gasteiger partial charge < -0.3 is 10.1 Å². The second-order valence-electron chi connectivity index (χ2n) is 7.16. The van der Waals surface area contributed by atoms with E-state index >= 15 is 0 Å². The van der Waals surface area contributed by atoms with Gasteiger partial charge in [-0.1, -0.05) is 18.2 Å². The quantitative estimate of drug-likeness (QED) is 0.757. The molecule has 0 radical (unpaired) electrons. The Labute approximate surface area is 170 Å². The third-order valence-corrected chi connectivity index (χ3v) is 6.50. The van der Waals surface area contributed by atoms with Gasteiger partial charge in [0.2, 0.25) is 10.0 Å². The summed E-state index contributed by atoms with van der Waals surface area (Å²) in [5, 5.41) is 2.69. The van der Waals surface area contributed by atoms with E-state index in [1.807, 2.05) is 13.8 Å². The number of anilines is 1. The topological polar surface area (TPSA) is 92.8 Å². The Morgan fingerprint density at radius 1 is 1.03 bits per heavy atom. The molecule has 1 saturated heterocycles. The standard InChI is InChI=1S/C21H24N2O5S/c1-14-12-23(13-15(2)28-14)29(26,27)18-8-6-7-17(11-18)21(25)22-20-10-5-4-9-19(20)16(3)24/h4-11,14-15H,12-13H2,1-3H3,(H,22,25)/t14-,15-/m0/s1. The van der Waals surface area contributed by atoms with Gasteiger partial charge in [-0.25, -0.2) is 8.42 Å². The monoisotopic (exact) mass is 416 g/mol. The predicted molar refractivity (Wildman–Crippen MR) is 110 cm³/mol.